The van der Waals surface area contributed by atoms with Crippen LogP contribution in [-0.2, 0) is 10.0 Å². The maximum atomic E-state index is 12.2. The van der Waals surface area contributed by atoms with Crippen molar-refractivity contribution in [1.82, 2.24) is 4.31 Å². The molecule has 16 heavy (non-hydrogen) atoms. The average Bonchev–Trinajstić information content (AvgIpc) is 3.02. The number of aliphatic hydroxyl groups is 1. The molecule has 0 aromatic carbocycles. The predicted octanol–water partition coefficient (Wildman–Crippen LogP) is 0.963. The highest BCUT2D eigenvalue weighted by Crippen LogP contribution is 2.33. The van der Waals surface area contributed by atoms with E-state index < -0.39 is 10.0 Å². The summed E-state index contributed by atoms with van der Waals surface area (Å²) in [6.45, 7) is 0.736. The van der Waals surface area contributed by atoms with Crippen molar-refractivity contribution in [2.45, 2.75) is 44.6 Å². The van der Waals surface area contributed by atoms with Gasteiger partial charge in [-0.2, -0.15) is 4.31 Å². The summed E-state index contributed by atoms with van der Waals surface area (Å²) in [4.78, 5) is 0. The van der Waals surface area contributed by atoms with Gasteiger partial charge in [0.05, 0.1) is 5.75 Å². The Balaban J connectivity index is 2.02. The monoisotopic (exact) mass is 247 g/mol. The van der Waals surface area contributed by atoms with Crippen LogP contribution in [0.2, 0.25) is 0 Å². The Morgan fingerprint density at radius 1 is 1.19 bits per heavy atom. The van der Waals surface area contributed by atoms with Gasteiger partial charge < -0.3 is 5.11 Å². The first kappa shape index (κ1) is 12.3. The molecule has 0 bridgehead atoms. The standard InChI is InChI=1S/C11H21NO3S/c13-8-6-11-3-1-2-7-12(11)16(14,15)9-10-4-5-10/h10-11,13H,1-9H2. The number of piperidine rings is 1. The minimum atomic E-state index is -3.07. The second-order valence-corrected chi connectivity index (χ2v) is 6.96. The maximum absolute atomic E-state index is 12.2. The molecule has 2 fully saturated rings. The lowest BCUT2D eigenvalue weighted by molar-refractivity contribution is 0.192. The molecule has 94 valence electrons. The largest absolute Gasteiger partial charge is 0.396 e. The van der Waals surface area contributed by atoms with E-state index in [0.717, 1.165) is 32.1 Å². The van der Waals surface area contributed by atoms with E-state index in [0.29, 0.717) is 24.6 Å². The molecule has 0 radical (unpaired) electrons. The Kier molecular flexibility index (Phi) is 3.87. The Labute approximate surface area is 97.7 Å². The van der Waals surface area contributed by atoms with Crippen molar-refractivity contribution in [2.24, 2.45) is 5.92 Å². The second-order valence-electron chi connectivity index (χ2n) is 4.99. The smallest absolute Gasteiger partial charge is 0.214 e. The Bertz CT molecular complexity index is 322. The molecular weight excluding hydrogens is 226 g/mol. The summed E-state index contributed by atoms with van der Waals surface area (Å²) in [6.07, 6.45) is 5.68. The van der Waals surface area contributed by atoms with Crippen molar-refractivity contribution in [3.05, 3.63) is 0 Å². The summed E-state index contributed by atoms with van der Waals surface area (Å²) in [5.41, 5.74) is 0. The van der Waals surface area contributed by atoms with Crippen LogP contribution in [-0.4, -0.2) is 42.8 Å². The average molecular weight is 247 g/mol. The fourth-order valence-electron chi connectivity index (χ4n) is 2.46. The highest BCUT2D eigenvalue weighted by molar-refractivity contribution is 7.89. The number of sulfonamides is 1. The highest BCUT2D eigenvalue weighted by Gasteiger charge is 2.36. The molecule has 2 aliphatic rings. The summed E-state index contributed by atoms with van der Waals surface area (Å²) < 4.78 is 26.0. The quantitative estimate of drug-likeness (QED) is 0.787. The van der Waals surface area contributed by atoms with Crippen molar-refractivity contribution in [1.29, 1.82) is 0 Å². The van der Waals surface area contributed by atoms with Crippen molar-refractivity contribution in [3.8, 4) is 0 Å². The molecular formula is C11H21NO3S. The van der Waals surface area contributed by atoms with Crippen LogP contribution in [0.4, 0.5) is 0 Å². The van der Waals surface area contributed by atoms with Crippen LogP contribution in [0.3, 0.4) is 0 Å². The number of aliphatic hydroxyl groups excluding tert-OH is 1. The summed E-state index contributed by atoms with van der Waals surface area (Å²) in [7, 11) is -3.07. The van der Waals surface area contributed by atoms with Crippen LogP contribution in [0.5, 0.6) is 0 Å². The van der Waals surface area contributed by atoms with Gasteiger partial charge in [-0.15, -0.1) is 0 Å². The van der Waals surface area contributed by atoms with Crippen LogP contribution in [0.1, 0.15) is 38.5 Å². The molecule has 0 amide bonds. The molecule has 1 unspecified atom stereocenters. The van der Waals surface area contributed by atoms with Gasteiger partial charge in [-0.1, -0.05) is 6.42 Å². The summed E-state index contributed by atoms with van der Waals surface area (Å²) >= 11 is 0. The van der Waals surface area contributed by atoms with Crippen LogP contribution in [0, 0.1) is 5.92 Å². The van der Waals surface area contributed by atoms with E-state index in [-0.39, 0.29) is 12.6 Å². The Morgan fingerprint density at radius 2 is 1.94 bits per heavy atom. The van der Waals surface area contributed by atoms with Gasteiger partial charge in [0.25, 0.3) is 0 Å². The lowest BCUT2D eigenvalue weighted by Gasteiger charge is -2.34. The number of rotatable bonds is 5. The van der Waals surface area contributed by atoms with Gasteiger partial charge >= 0.3 is 0 Å². The zero-order valence-electron chi connectivity index (χ0n) is 9.64. The van der Waals surface area contributed by atoms with Gasteiger partial charge in [-0.3, -0.25) is 0 Å². The molecule has 1 saturated heterocycles. The lowest BCUT2D eigenvalue weighted by Crippen LogP contribution is -2.45. The molecule has 1 aliphatic carbocycles. The van der Waals surface area contributed by atoms with E-state index in [1.54, 1.807) is 4.31 Å². The third-order valence-corrected chi connectivity index (χ3v) is 5.62. The molecule has 1 atom stereocenters. The van der Waals surface area contributed by atoms with Crippen LogP contribution < -0.4 is 0 Å². The molecule has 2 rings (SSSR count). The molecule has 0 aromatic rings. The van der Waals surface area contributed by atoms with E-state index >= 15 is 0 Å². The van der Waals surface area contributed by atoms with Crippen molar-refractivity contribution < 1.29 is 13.5 Å². The maximum Gasteiger partial charge on any atom is 0.214 e. The van der Waals surface area contributed by atoms with Crippen LogP contribution in [0.25, 0.3) is 0 Å². The summed E-state index contributed by atoms with van der Waals surface area (Å²) in [6, 6.07) is 0.0440. The van der Waals surface area contributed by atoms with E-state index in [4.69, 9.17) is 5.11 Å². The normalized spacial score (nSPS) is 28.2. The van der Waals surface area contributed by atoms with Crippen LogP contribution >= 0.6 is 0 Å². The molecule has 1 saturated carbocycles. The van der Waals surface area contributed by atoms with E-state index in [2.05, 4.69) is 0 Å². The molecule has 0 aromatic heterocycles. The van der Waals surface area contributed by atoms with Crippen molar-refractivity contribution in [3.63, 3.8) is 0 Å². The van der Waals surface area contributed by atoms with Crippen LogP contribution in [0.15, 0.2) is 0 Å². The zero-order chi connectivity index (χ0) is 11.6. The molecule has 5 heteroatoms. The highest BCUT2D eigenvalue weighted by atomic mass is 32.2. The first-order valence-electron chi connectivity index (χ1n) is 6.24. The van der Waals surface area contributed by atoms with Gasteiger partial charge in [-0.25, -0.2) is 8.42 Å². The fourth-order valence-corrected chi connectivity index (χ4v) is 4.65. The third-order valence-electron chi connectivity index (χ3n) is 3.54. The first-order valence-corrected chi connectivity index (χ1v) is 7.85. The molecule has 1 N–H and O–H groups in total. The first-order chi connectivity index (χ1) is 7.63. The molecule has 1 heterocycles. The number of hydrogen-bond donors (Lipinski definition) is 1. The predicted molar refractivity (Wildman–Crippen MR) is 62.6 cm³/mol. The molecule has 4 nitrogen and oxygen atoms in total. The third kappa shape index (κ3) is 2.96. The Morgan fingerprint density at radius 3 is 2.56 bits per heavy atom. The minimum Gasteiger partial charge on any atom is -0.396 e. The number of hydrogen-bond acceptors (Lipinski definition) is 3. The van der Waals surface area contributed by atoms with Crippen molar-refractivity contribution in [2.75, 3.05) is 18.9 Å². The van der Waals surface area contributed by atoms with Gasteiger partial charge in [-0.05, 0) is 38.0 Å². The van der Waals surface area contributed by atoms with E-state index in [9.17, 15) is 8.42 Å². The van der Waals surface area contributed by atoms with Gasteiger partial charge in [0.1, 0.15) is 0 Å². The molecule has 1 aliphatic heterocycles. The lowest BCUT2D eigenvalue weighted by atomic mass is 10.0. The van der Waals surface area contributed by atoms with Gasteiger partial charge in [0.15, 0.2) is 0 Å². The van der Waals surface area contributed by atoms with Gasteiger partial charge in [0, 0.05) is 19.2 Å². The number of nitrogens with zero attached hydrogens (tertiary/aromatic N) is 1. The topological polar surface area (TPSA) is 57.6 Å². The van der Waals surface area contributed by atoms with E-state index in [1.807, 2.05) is 0 Å². The van der Waals surface area contributed by atoms with E-state index in [1.165, 1.54) is 0 Å². The second kappa shape index (κ2) is 5.02. The SMILES string of the molecule is O=S(=O)(CC1CC1)N1CCCCC1CCO. The summed E-state index contributed by atoms with van der Waals surface area (Å²) in [5.74, 6) is 0.733. The fraction of sp³-hybridized carbons (Fsp3) is 1.00. The van der Waals surface area contributed by atoms with Crippen molar-refractivity contribution >= 4 is 10.0 Å². The Hall–Kier alpha value is -0.130. The molecule has 0 spiro atoms. The minimum absolute atomic E-state index is 0.0440. The zero-order valence-corrected chi connectivity index (χ0v) is 10.5. The van der Waals surface area contributed by atoms with Gasteiger partial charge in [0.2, 0.25) is 10.0 Å². The summed E-state index contributed by atoms with van der Waals surface area (Å²) in [5, 5.41) is 8.97.